The van der Waals surface area contributed by atoms with Crippen LogP contribution >= 0.6 is 0 Å². The summed E-state index contributed by atoms with van der Waals surface area (Å²) in [7, 11) is 1.77. The van der Waals surface area contributed by atoms with Crippen LogP contribution in [-0.2, 0) is 0 Å². The van der Waals surface area contributed by atoms with Crippen molar-refractivity contribution in [2.24, 2.45) is 10.9 Å². The first-order chi connectivity index (χ1) is 7.99. The lowest BCUT2D eigenvalue weighted by Crippen LogP contribution is -2.34. The van der Waals surface area contributed by atoms with E-state index in [1.54, 1.807) is 24.9 Å². The molecule has 0 saturated carbocycles. The summed E-state index contributed by atoms with van der Waals surface area (Å²) in [5.74, 6) is 0.356. The maximum Gasteiger partial charge on any atom is 0.226 e. The molecule has 0 spiro atoms. The van der Waals surface area contributed by atoms with Crippen molar-refractivity contribution in [3.63, 3.8) is 0 Å². The van der Waals surface area contributed by atoms with E-state index in [-0.39, 0.29) is 18.5 Å². The number of anilines is 1. The number of nitrogens with two attached hydrogens (primary N) is 1. The number of rotatable bonds is 4. The zero-order valence-corrected chi connectivity index (χ0v) is 10.1. The van der Waals surface area contributed by atoms with Gasteiger partial charge in [-0.25, -0.2) is 9.97 Å². The third-order valence-electron chi connectivity index (χ3n) is 2.45. The maximum atomic E-state index is 9.07. The summed E-state index contributed by atoms with van der Waals surface area (Å²) in [5.41, 5.74) is 6.54. The van der Waals surface area contributed by atoms with E-state index in [4.69, 9.17) is 16.0 Å². The van der Waals surface area contributed by atoms with Gasteiger partial charge in [-0.05, 0) is 19.9 Å². The second kappa shape index (κ2) is 5.44. The highest BCUT2D eigenvalue weighted by Crippen LogP contribution is 2.11. The van der Waals surface area contributed by atoms with Gasteiger partial charge in [0.15, 0.2) is 5.84 Å². The number of amidine groups is 1. The molecule has 4 N–H and O–H groups in total. The molecule has 0 bridgehead atoms. The zero-order valence-electron chi connectivity index (χ0n) is 10.1. The van der Waals surface area contributed by atoms with Crippen molar-refractivity contribution in [3.05, 3.63) is 17.5 Å². The third-order valence-corrected chi connectivity index (χ3v) is 2.45. The van der Waals surface area contributed by atoms with Crippen molar-refractivity contribution >= 4 is 11.8 Å². The van der Waals surface area contributed by atoms with Gasteiger partial charge >= 0.3 is 0 Å². The van der Waals surface area contributed by atoms with Crippen LogP contribution in [0.4, 0.5) is 5.95 Å². The minimum absolute atomic E-state index is 0.00724. The van der Waals surface area contributed by atoms with E-state index < -0.39 is 0 Å². The van der Waals surface area contributed by atoms with Crippen LogP contribution in [0.1, 0.15) is 18.3 Å². The lowest BCUT2D eigenvalue weighted by Gasteiger charge is -2.23. The molecule has 0 amide bonds. The number of hydrogen-bond acceptors (Lipinski definition) is 6. The van der Waals surface area contributed by atoms with Gasteiger partial charge in [0.05, 0.1) is 12.6 Å². The van der Waals surface area contributed by atoms with Gasteiger partial charge in [0, 0.05) is 12.7 Å². The number of likely N-dealkylation sites (N-methyl/N-ethyl adjacent to an activating group) is 1. The van der Waals surface area contributed by atoms with Crippen LogP contribution < -0.4 is 10.6 Å². The Labute approximate surface area is 99.6 Å². The Bertz CT molecular complexity index is 421. The Balaban J connectivity index is 3.13. The minimum Gasteiger partial charge on any atom is -0.409 e. The van der Waals surface area contributed by atoms with Gasteiger partial charge < -0.3 is 20.9 Å². The number of aryl methyl sites for hydroxylation is 1. The smallest absolute Gasteiger partial charge is 0.226 e. The fraction of sp³-hybridized carbons (Fsp3) is 0.500. The van der Waals surface area contributed by atoms with Crippen LogP contribution in [0.2, 0.25) is 0 Å². The van der Waals surface area contributed by atoms with E-state index in [9.17, 15) is 0 Å². The molecule has 0 fully saturated rings. The number of oxime groups is 1. The molecule has 7 nitrogen and oxygen atoms in total. The number of aliphatic hydroxyl groups excluding tert-OH is 1. The summed E-state index contributed by atoms with van der Waals surface area (Å²) in [6, 6.07) is 1.51. The molecule has 1 atom stereocenters. The van der Waals surface area contributed by atoms with Crippen LogP contribution in [0.15, 0.2) is 11.2 Å². The van der Waals surface area contributed by atoms with Crippen molar-refractivity contribution in [1.82, 2.24) is 9.97 Å². The zero-order chi connectivity index (χ0) is 13.0. The van der Waals surface area contributed by atoms with Gasteiger partial charge in [0.1, 0.15) is 5.69 Å². The summed E-state index contributed by atoms with van der Waals surface area (Å²) in [6.45, 7) is 3.62. The number of hydrogen-bond donors (Lipinski definition) is 3. The lowest BCUT2D eigenvalue weighted by atomic mass is 10.3. The molecule has 1 heterocycles. The lowest BCUT2D eigenvalue weighted by molar-refractivity contribution is 0.269. The van der Waals surface area contributed by atoms with E-state index in [1.165, 1.54) is 0 Å². The van der Waals surface area contributed by atoms with Crippen molar-refractivity contribution in [3.8, 4) is 0 Å². The summed E-state index contributed by atoms with van der Waals surface area (Å²) >= 11 is 0. The standard InChI is InChI=1S/C10H17N5O2/c1-6-4-8(9(11)14-17)13-10(12-6)15(3)7(2)5-16/h4,7,16-17H,5H2,1-3H3,(H2,11,14). The molecule has 0 aliphatic carbocycles. The van der Waals surface area contributed by atoms with Crippen LogP contribution in [0.25, 0.3) is 0 Å². The highest BCUT2D eigenvalue weighted by atomic mass is 16.4. The quantitative estimate of drug-likeness (QED) is 0.288. The van der Waals surface area contributed by atoms with Crippen molar-refractivity contribution in [2.45, 2.75) is 19.9 Å². The second-order valence-corrected chi connectivity index (χ2v) is 3.82. The molecular weight excluding hydrogens is 222 g/mol. The average molecular weight is 239 g/mol. The Morgan fingerprint density at radius 1 is 1.59 bits per heavy atom. The molecule has 0 saturated heterocycles. The fourth-order valence-electron chi connectivity index (χ4n) is 1.21. The highest BCUT2D eigenvalue weighted by molar-refractivity contribution is 5.95. The molecular formula is C10H17N5O2. The van der Waals surface area contributed by atoms with Gasteiger partial charge in [0.25, 0.3) is 0 Å². The summed E-state index contributed by atoms with van der Waals surface area (Å²) < 4.78 is 0. The molecule has 0 aliphatic heterocycles. The molecule has 1 rings (SSSR count). The van der Waals surface area contributed by atoms with Gasteiger partial charge in [-0.15, -0.1) is 0 Å². The van der Waals surface area contributed by atoms with Gasteiger partial charge in [0.2, 0.25) is 5.95 Å². The molecule has 0 radical (unpaired) electrons. The van der Waals surface area contributed by atoms with Crippen molar-refractivity contribution in [1.29, 1.82) is 0 Å². The van der Waals surface area contributed by atoms with E-state index in [0.717, 1.165) is 0 Å². The molecule has 1 unspecified atom stereocenters. The van der Waals surface area contributed by atoms with E-state index in [1.807, 2.05) is 6.92 Å². The fourth-order valence-corrected chi connectivity index (χ4v) is 1.21. The highest BCUT2D eigenvalue weighted by Gasteiger charge is 2.14. The first-order valence-electron chi connectivity index (χ1n) is 5.16. The normalized spacial score (nSPS) is 13.5. The van der Waals surface area contributed by atoms with Crippen LogP contribution in [0, 0.1) is 6.92 Å². The Hall–Kier alpha value is -1.89. The molecule has 1 aromatic heterocycles. The number of aliphatic hydroxyl groups is 1. The Morgan fingerprint density at radius 2 is 2.24 bits per heavy atom. The molecule has 0 aliphatic rings. The Morgan fingerprint density at radius 3 is 2.76 bits per heavy atom. The van der Waals surface area contributed by atoms with E-state index in [2.05, 4.69) is 15.1 Å². The number of nitrogens with zero attached hydrogens (tertiary/aromatic N) is 4. The van der Waals surface area contributed by atoms with Gasteiger partial charge in [-0.3, -0.25) is 0 Å². The first kappa shape index (κ1) is 13.2. The maximum absolute atomic E-state index is 9.07. The monoisotopic (exact) mass is 239 g/mol. The predicted octanol–water partition coefficient (Wildman–Crippen LogP) is -0.303. The predicted molar refractivity (Wildman–Crippen MR) is 64.2 cm³/mol. The topological polar surface area (TPSA) is 108 Å². The van der Waals surface area contributed by atoms with Gasteiger partial charge in [-0.1, -0.05) is 5.16 Å². The van der Waals surface area contributed by atoms with Crippen molar-refractivity contribution in [2.75, 3.05) is 18.6 Å². The average Bonchev–Trinajstić information content (AvgIpc) is 2.35. The Kier molecular flexibility index (Phi) is 4.22. The van der Waals surface area contributed by atoms with Gasteiger partial charge in [-0.2, -0.15) is 0 Å². The molecule has 94 valence electrons. The van der Waals surface area contributed by atoms with Crippen LogP contribution in [-0.4, -0.2) is 45.8 Å². The largest absolute Gasteiger partial charge is 0.409 e. The second-order valence-electron chi connectivity index (χ2n) is 3.82. The minimum atomic E-state index is -0.114. The third kappa shape index (κ3) is 3.04. The summed E-state index contributed by atoms with van der Waals surface area (Å²) in [4.78, 5) is 10.1. The van der Waals surface area contributed by atoms with Crippen LogP contribution in [0.3, 0.4) is 0 Å². The van der Waals surface area contributed by atoms with Crippen molar-refractivity contribution < 1.29 is 10.3 Å². The SMILES string of the molecule is Cc1cc(/C(N)=N/O)nc(N(C)C(C)CO)n1. The molecule has 0 aromatic carbocycles. The van der Waals surface area contributed by atoms with E-state index in [0.29, 0.717) is 17.3 Å². The molecule has 1 aromatic rings. The molecule has 7 heteroatoms. The summed E-state index contributed by atoms with van der Waals surface area (Å²) in [5, 5.41) is 20.6. The van der Waals surface area contributed by atoms with Crippen LogP contribution in [0.5, 0.6) is 0 Å². The number of aromatic nitrogens is 2. The van der Waals surface area contributed by atoms with E-state index >= 15 is 0 Å². The summed E-state index contributed by atoms with van der Waals surface area (Å²) in [6.07, 6.45) is 0. The molecule has 17 heavy (non-hydrogen) atoms. The first-order valence-corrected chi connectivity index (χ1v) is 5.16.